The standard InChI is InChI=1S/C17H19NO6/c1-10-7-18(8-14(23-10)17(20)21)16(19)15-12(9-22-2)11-5-3-4-6-13(11)24-15/h3-6,10,14H,7-9H2,1-2H3,(H,20,21)/t10-,14?/m1/s1. The van der Waals surface area contributed by atoms with Crippen LogP contribution < -0.4 is 0 Å². The van der Waals surface area contributed by atoms with E-state index in [2.05, 4.69) is 0 Å². The molecule has 2 aromatic rings. The molecular weight excluding hydrogens is 314 g/mol. The number of para-hydroxylation sites is 1. The molecular formula is C17H19NO6. The summed E-state index contributed by atoms with van der Waals surface area (Å²) in [6, 6.07) is 7.34. The van der Waals surface area contributed by atoms with Gasteiger partial charge >= 0.3 is 5.97 Å². The van der Waals surface area contributed by atoms with E-state index >= 15 is 0 Å². The van der Waals surface area contributed by atoms with E-state index in [1.165, 1.54) is 4.90 Å². The van der Waals surface area contributed by atoms with Crippen LogP contribution in [0.3, 0.4) is 0 Å². The van der Waals surface area contributed by atoms with Crippen molar-refractivity contribution in [3.8, 4) is 0 Å². The van der Waals surface area contributed by atoms with Gasteiger partial charge in [0.2, 0.25) is 0 Å². The van der Waals surface area contributed by atoms with Crippen molar-refractivity contribution in [2.75, 3.05) is 20.2 Å². The van der Waals surface area contributed by atoms with Crippen LogP contribution in [0.5, 0.6) is 0 Å². The smallest absolute Gasteiger partial charge is 0.334 e. The molecule has 1 fully saturated rings. The van der Waals surface area contributed by atoms with Crippen molar-refractivity contribution in [2.45, 2.75) is 25.7 Å². The molecule has 2 atom stereocenters. The number of amides is 1. The molecule has 24 heavy (non-hydrogen) atoms. The van der Waals surface area contributed by atoms with Crippen molar-refractivity contribution < 1.29 is 28.6 Å². The lowest BCUT2D eigenvalue weighted by Crippen LogP contribution is -2.51. The van der Waals surface area contributed by atoms with E-state index in [0.717, 1.165) is 5.39 Å². The quantitative estimate of drug-likeness (QED) is 0.919. The molecule has 0 saturated carbocycles. The predicted molar refractivity (Wildman–Crippen MR) is 84.8 cm³/mol. The van der Waals surface area contributed by atoms with Gasteiger partial charge in [0.15, 0.2) is 11.9 Å². The van der Waals surface area contributed by atoms with Crippen LogP contribution >= 0.6 is 0 Å². The highest BCUT2D eigenvalue weighted by Crippen LogP contribution is 2.28. The van der Waals surface area contributed by atoms with E-state index in [1.807, 2.05) is 18.2 Å². The molecule has 1 aliphatic heterocycles. The number of aliphatic carboxylic acids is 1. The molecule has 0 bridgehead atoms. The number of carbonyl (C=O) groups is 2. The van der Waals surface area contributed by atoms with Crippen molar-refractivity contribution in [1.82, 2.24) is 4.90 Å². The van der Waals surface area contributed by atoms with Crippen LogP contribution in [-0.4, -0.2) is 54.3 Å². The number of rotatable bonds is 4. The lowest BCUT2D eigenvalue weighted by Gasteiger charge is -2.34. The van der Waals surface area contributed by atoms with E-state index < -0.39 is 12.1 Å². The summed E-state index contributed by atoms with van der Waals surface area (Å²) in [4.78, 5) is 25.6. The van der Waals surface area contributed by atoms with Crippen LogP contribution in [-0.2, 0) is 20.9 Å². The maximum Gasteiger partial charge on any atom is 0.334 e. The van der Waals surface area contributed by atoms with Gasteiger partial charge in [-0.05, 0) is 13.0 Å². The number of morpholine rings is 1. The number of hydrogen-bond donors (Lipinski definition) is 1. The van der Waals surface area contributed by atoms with E-state index in [-0.39, 0.29) is 30.9 Å². The SMILES string of the molecule is COCc1c(C(=O)N2CC(C(=O)O)O[C@H](C)C2)oc2ccccc12. The van der Waals surface area contributed by atoms with Crippen LogP contribution in [0, 0.1) is 0 Å². The number of hydrogen-bond acceptors (Lipinski definition) is 5. The second-order valence-corrected chi connectivity index (χ2v) is 5.82. The second kappa shape index (κ2) is 6.62. The first-order valence-corrected chi connectivity index (χ1v) is 7.68. The number of furan rings is 1. The van der Waals surface area contributed by atoms with Gasteiger partial charge < -0.3 is 23.9 Å². The van der Waals surface area contributed by atoms with Crippen LogP contribution in [0.4, 0.5) is 0 Å². The summed E-state index contributed by atoms with van der Waals surface area (Å²) in [6.07, 6.45) is -1.40. The van der Waals surface area contributed by atoms with Gasteiger partial charge in [-0.15, -0.1) is 0 Å². The van der Waals surface area contributed by atoms with Gasteiger partial charge in [0.25, 0.3) is 5.91 Å². The zero-order valence-electron chi connectivity index (χ0n) is 13.5. The van der Waals surface area contributed by atoms with E-state index in [9.17, 15) is 14.7 Å². The Bertz CT molecular complexity index is 768. The highest BCUT2D eigenvalue weighted by atomic mass is 16.5. The molecule has 2 heterocycles. The third kappa shape index (κ3) is 3.00. The molecule has 3 rings (SSSR count). The van der Waals surface area contributed by atoms with Gasteiger partial charge in [-0.1, -0.05) is 18.2 Å². The van der Waals surface area contributed by atoms with Gasteiger partial charge in [-0.2, -0.15) is 0 Å². The average Bonchev–Trinajstić information content (AvgIpc) is 2.93. The first-order chi connectivity index (χ1) is 11.5. The van der Waals surface area contributed by atoms with Gasteiger partial charge in [0, 0.05) is 24.6 Å². The Hall–Kier alpha value is -2.38. The van der Waals surface area contributed by atoms with Crippen LogP contribution in [0.25, 0.3) is 11.0 Å². The molecule has 0 radical (unpaired) electrons. The van der Waals surface area contributed by atoms with Gasteiger partial charge in [-0.3, -0.25) is 4.79 Å². The van der Waals surface area contributed by atoms with Gasteiger partial charge in [0.05, 0.1) is 19.3 Å². The van der Waals surface area contributed by atoms with Crippen LogP contribution in [0.15, 0.2) is 28.7 Å². The highest BCUT2D eigenvalue weighted by Gasteiger charge is 2.35. The Labute approximate surface area is 138 Å². The second-order valence-electron chi connectivity index (χ2n) is 5.82. The fourth-order valence-electron chi connectivity index (χ4n) is 2.96. The maximum absolute atomic E-state index is 12.9. The first-order valence-electron chi connectivity index (χ1n) is 7.68. The van der Waals surface area contributed by atoms with Crippen LogP contribution in [0.2, 0.25) is 0 Å². The predicted octanol–water partition coefficient (Wildman–Crippen LogP) is 1.89. The molecule has 1 aliphatic rings. The number of fused-ring (bicyclic) bond motifs is 1. The van der Waals surface area contributed by atoms with Crippen LogP contribution in [0.1, 0.15) is 23.0 Å². The summed E-state index contributed by atoms with van der Waals surface area (Å²) in [7, 11) is 1.55. The van der Waals surface area contributed by atoms with Gasteiger partial charge in [-0.25, -0.2) is 4.79 Å². The zero-order valence-corrected chi connectivity index (χ0v) is 13.5. The minimum Gasteiger partial charge on any atom is -0.479 e. The van der Waals surface area contributed by atoms with E-state index in [1.54, 1.807) is 20.1 Å². The summed E-state index contributed by atoms with van der Waals surface area (Å²) < 4.78 is 16.3. The molecule has 0 spiro atoms. The lowest BCUT2D eigenvalue weighted by atomic mass is 10.1. The summed E-state index contributed by atoms with van der Waals surface area (Å²) in [5, 5.41) is 9.99. The Balaban J connectivity index is 1.95. The molecule has 1 saturated heterocycles. The summed E-state index contributed by atoms with van der Waals surface area (Å²) in [6.45, 7) is 2.28. The number of ether oxygens (including phenoxy) is 2. The fraction of sp³-hybridized carbons (Fsp3) is 0.412. The van der Waals surface area contributed by atoms with Crippen molar-refractivity contribution in [2.24, 2.45) is 0 Å². The third-order valence-electron chi connectivity index (χ3n) is 4.00. The van der Waals surface area contributed by atoms with Crippen molar-refractivity contribution in [1.29, 1.82) is 0 Å². The molecule has 1 amide bonds. The van der Waals surface area contributed by atoms with Crippen molar-refractivity contribution >= 4 is 22.8 Å². The Morgan fingerprint density at radius 1 is 1.33 bits per heavy atom. The number of carboxylic acids is 1. The Kier molecular flexibility index (Phi) is 4.55. The molecule has 7 nitrogen and oxygen atoms in total. The highest BCUT2D eigenvalue weighted by molar-refractivity contribution is 5.99. The number of benzene rings is 1. The summed E-state index contributed by atoms with van der Waals surface area (Å²) in [5.41, 5.74) is 1.27. The molecule has 128 valence electrons. The molecule has 1 aromatic carbocycles. The third-order valence-corrected chi connectivity index (χ3v) is 4.00. The monoisotopic (exact) mass is 333 g/mol. The van der Waals surface area contributed by atoms with Crippen molar-refractivity contribution in [3.05, 3.63) is 35.6 Å². The normalized spacial score (nSPS) is 21.2. The Morgan fingerprint density at radius 3 is 2.79 bits per heavy atom. The Morgan fingerprint density at radius 2 is 2.08 bits per heavy atom. The molecule has 1 N–H and O–H groups in total. The molecule has 1 aromatic heterocycles. The maximum atomic E-state index is 12.9. The topological polar surface area (TPSA) is 89.2 Å². The van der Waals surface area contributed by atoms with Gasteiger partial charge in [0.1, 0.15) is 5.58 Å². The zero-order chi connectivity index (χ0) is 17.3. The summed E-state index contributed by atoms with van der Waals surface area (Å²) >= 11 is 0. The number of carbonyl (C=O) groups excluding carboxylic acids is 1. The van der Waals surface area contributed by atoms with E-state index in [0.29, 0.717) is 17.7 Å². The van der Waals surface area contributed by atoms with Crippen molar-refractivity contribution in [3.63, 3.8) is 0 Å². The lowest BCUT2D eigenvalue weighted by molar-refractivity contribution is -0.160. The van der Waals surface area contributed by atoms with E-state index in [4.69, 9.17) is 13.9 Å². The fourth-order valence-corrected chi connectivity index (χ4v) is 2.96. The largest absolute Gasteiger partial charge is 0.479 e. The number of methoxy groups -OCH3 is 1. The minimum absolute atomic E-state index is 0.0119. The number of nitrogens with zero attached hydrogens (tertiary/aromatic N) is 1. The summed E-state index contributed by atoms with van der Waals surface area (Å²) in [5.74, 6) is -1.24. The first kappa shape index (κ1) is 16.5. The molecule has 7 heteroatoms. The average molecular weight is 333 g/mol. The number of carboxylic acid groups (broad SMARTS) is 1. The minimum atomic E-state index is -1.08. The molecule has 1 unspecified atom stereocenters. The molecule has 0 aliphatic carbocycles.